The number of piperidine rings is 1. The molecule has 2 aliphatic heterocycles. The van der Waals surface area contributed by atoms with Crippen LogP contribution in [0.4, 0.5) is 0 Å². The molecule has 1 atom stereocenters. The second-order valence-corrected chi connectivity index (χ2v) is 10.1. The largest absolute Gasteiger partial charge is 0.330 e. The molecule has 0 aromatic carbocycles. The lowest BCUT2D eigenvalue weighted by Gasteiger charge is -2.35. The molecule has 2 fully saturated rings. The van der Waals surface area contributed by atoms with Crippen molar-refractivity contribution in [3.05, 3.63) is 0 Å². The Balaban J connectivity index is 2.05. The predicted molar refractivity (Wildman–Crippen MR) is 85.0 cm³/mol. The van der Waals surface area contributed by atoms with Crippen molar-refractivity contribution in [1.29, 1.82) is 0 Å². The molecule has 2 rings (SSSR count). The van der Waals surface area contributed by atoms with Crippen LogP contribution in [0.3, 0.4) is 0 Å². The van der Waals surface area contributed by atoms with Crippen molar-refractivity contribution >= 4 is 22.0 Å². The van der Waals surface area contributed by atoms with Gasteiger partial charge in [-0.2, -0.15) is 28.8 Å². The summed E-state index contributed by atoms with van der Waals surface area (Å²) < 4.78 is 29.0. The lowest BCUT2D eigenvalue weighted by molar-refractivity contribution is 0.251. The minimum absolute atomic E-state index is 0.173. The van der Waals surface area contributed by atoms with Crippen LogP contribution in [-0.4, -0.2) is 60.3 Å². The van der Waals surface area contributed by atoms with Gasteiger partial charge in [0.05, 0.1) is 0 Å². The molecule has 20 heavy (non-hydrogen) atoms. The molecule has 0 spiro atoms. The third kappa shape index (κ3) is 3.88. The molecular formula is C13H27N3O2S2. The van der Waals surface area contributed by atoms with Crippen LogP contribution in [0.15, 0.2) is 0 Å². The molecule has 0 aromatic rings. The highest BCUT2D eigenvalue weighted by Crippen LogP contribution is 2.32. The highest BCUT2D eigenvalue weighted by atomic mass is 32.2. The zero-order valence-corrected chi connectivity index (χ0v) is 14.2. The fraction of sp³-hybridized carbons (Fsp3) is 1.00. The minimum atomic E-state index is -3.30. The molecule has 0 bridgehead atoms. The van der Waals surface area contributed by atoms with Crippen LogP contribution in [0.5, 0.6) is 0 Å². The number of hydrogen-bond acceptors (Lipinski definition) is 4. The van der Waals surface area contributed by atoms with E-state index in [1.165, 1.54) is 0 Å². The summed E-state index contributed by atoms with van der Waals surface area (Å²) in [6.07, 6.45) is 2.88. The van der Waals surface area contributed by atoms with Crippen LogP contribution in [0.2, 0.25) is 0 Å². The second kappa shape index (κ2) is 6.52. The molecule has 5 nitrogen and oxygen atoms in total. The summed E-state index contributed by atoms with van der Waals surface area (Å²) in [4.78, 5) is 0. The molecule has 0 aromatic heterocycles. The van der Waals surface area contributed by atoms with E-state index in [0.29, 0.717) is 38.6 Å². The zero-order chi connectivity index (χ0) is 14.8. The Bertz CT molecular complexity index is 425. The number of thioether (sulfide) groups is 1. The van der Waals surface area contributed by atoms with Crippen molar-refractivity contribution in [3.63, 3.8) is 0 Å². The van der Waals surface area contributed by atoms with Gasteiger partial charge in [-0.3, -0.25) is 0 Å². The number of nitrogens with zero attached hydrogens (tertiary/aromatic N) is 2. The van der Waals surface area contributed by atoms with E-state index in [4.69, 9.17) is 5.73 Å². The van der Waals surface area contributed by atoms with Crippen LogP contribution >= 0.6 is 11.8 Å². The quantitative estimate of drug-likeness (QED) is 0.846. The number of hydrogen-bond donors (Lipinski definition) is 1. The van der Waals surface area contributed by atoms with Crippen molar-refractivity contribution in [1.82, 2.24) is 8.61 Å². The van der Waals surface area contributed by atoms with Gasteiger partial charge in [0.2, 0.25) is 0 Å². The van der Waals surface area contributed by atoms with E-state index in [2.05, 4.69) is 13.8 Å². The van der Waals surface area contributed by atoms with E-state index in [1.807, 2.05) is 11.8 Å². The van der Waals surface area contributed by atoms with E-state index in [-0.39, 0.29) is 4.75 Å². The lowest BCUT2D eigenvalue weighted by Crippen LogP contribution is -2.49. The summed E-state index contributed by atoms with van der Waals surface area (Å²) in [6.45, 7) is 7.46. The predicted octanol–water partition coefficient (Wildman–Crippen LogP) is 1.12. The highest BCUT2D eigenvalue weighted by molar-refractivity contribution is 8.00. The molecule has 1 unspecified atom stereocenters. The molecule has 7 heteroatoms. The summed E-state index contributed by atoms with van der Waals surface area (Å²) in [5.41, 5.74) is 5.71. The van der Waals surface area contributed by atoms with Crippen molar-refractivity contribution in [2.75, 3.05) is 38.5 Å². The van der Waals surface area contributed by atoms with Crippen molar-refractivity contribution in [2.24, 2.45) is 11.7 Å². The lowest BCUT2D eigenvalue weighted by atomic mass is 10.0. The summed E-state index contributed by atoms with van der Waals surface area (Å²) in [6, 6.07) is 0. The SMILES string of the molecule is CC1(C)CCN(S(=O)(=O)N2CCCC(CN)C2)CCS1. The monoisotopic (exact) mass is 321 g/mol. The van der Waals surface area contributed by atoms with Gasteiger partial charge in [0.25, 0.3) is 10.2 Å². The van der Waals surface area contributed by atoms with Crippen LogP contribution in [0.25, 0.3) is 0 Å². The highest BCUT2D eigenvalue weighted by Gasteiger charge is 2.35. The van der Waals surface area contributed by atoms with Gasteiger partial charge in [0.15, 0.2) is 0 Å². The molecule has 2 saturated heterocycles. The Morgan fingerprint density at radius 3 is 2.70 bits per heavy atom. The summed E-state index contributed by atoms with van der Waals surface area (Å²) in [7, 11) is -3.30. The Morgan fingerprint density at radius 1 is 1.25 bits per heavy atom. The van der Waals surface area contributed by atoms with Crippen LogP contribution < -0.4 is 5.73 Å². The third-order valence-corrected chi connectivity index (χ3v) is 7.64. The van der Waals surface area contributed by atoms with Gasteiger partial charge in [0.1, 0.15) is 0 Å². The average molecular weight is 322 g/mol. The first-order chi connectivity index (χ1) is 9.35. The Kier molecular flexibility index (Phi) is 5.40. The molecule has 0 radical (unpaired) electrons. The molecule has 2 heterocycles. The standard InChI is InChI=1S/C13H27N3O2S2/c1-13(2)5-7-15(8-9-19-13)20(17,18)16-6-3-4-12(10-14)11-16/h12H,3-11,14H2,1-2H3. The Labute approximate surface area is 127 Å². The molecule has 2 N–H and O–H groups in total. The van der Waals surface area contributed by atoms with Crippen LogP contribution in [-0.2, 0) is 10.2 Å². The molecule has 2 aliphatic rings. The van der Waals surface area contributed by atoms with E-state index >= 15 is 0 Å². The first-order valence-corrected chi connectivity index (χ1v) is 9.83. The van der Waals surface area contributed by atoms with Crippen molar-refractivity contribution in [3.8, 4) is 0 Å². The van der Waals surface area contributed by atoms with Crippen molar-refractivity contribution < 1.29 is 8.42 Å². The topological polar surface area (TPSA) is 66.6 Å². The van der Waals surface area contributed by atoms with E-state index in [9.17, 15) is 8.42 Å². The normalized spacial score (nSPS) is 30.1. The maximum absolute atomic E-state index is 12.8. The Hall–Kier alpha value is 0.180. The van der Waals surface area contributed by atoms with Crippen molar-refractivity contribution in [2.45, 2.75) is 37.9 Å². The fourth-order valence-corrected chi connectivity index (χ4v) is 5.77. The van der Waals surface area contributed by atoms with Gasteiger partial charge in [0, 0.05) is 36.7 Å². The van der Waals surface area contributed by atoms with Gasteiger partial charge in [-0.1, -0.05) is 13.8 Å². The van der Waals surface area contributed by atoms with Crippen LogP contribution in [0, 0.1) is 5.92 Å². The average Bonchev–Trinajstić information content (AvgIpc) is 2.60. The summed E-state index contributed by atoms with van der Waals surface area (Å²) in [5, 5.41) is 0. The van der Waals surface area contributed by atoms with Crippen LogP contribution in [0.1, 0.15) is 33.1 Å². The fourth-order valence-electron chi connectivity index (χ4n) is 2.82. The Morgan fingerprint density at radius 2 is 2.00 bits per heavy atom. The van der Waals surface area contributed by atoms with E-state index in [0.717, 1.165) is 25.0 Å². The molecular weight excluding hydrogens is 294 g/mol. The number of rotatable bonds is 3. The maximum Gasteiger partial charge on any atom is 0.282 e. The maximum atomic E-state index is 12.8. The summed E-state index contributed by atoms with van der Waals surface area (Å²) in [5.74, 6) is 1.19. The van der Waals surface area contributed by atoms with Gasteiger partial charge in [-0.15, -0.1) is 0 Å². The van der Waals surface area contributed by atoms with Gasteiger partial charge < -0.3 is 5.73 Å². The zero-order valence-electron chi connectivity index (χ0n) is 12.5. The summed E-state index contributed by atoms with van der Waals surface area (Å²) >= 11 is 1.87. The third-order valence-electron chi connectivity index (χ3n) is 4.26. The molecule has 0 saturated carbocycles. The molecule has 0 aliphatic carbocycles. The first-order valence-electron chi connectivity index (χ1n) is 7.44. The number of nitrogens with two attached hydrogens (primary N) is 1. The minimum Gasteiger partial charge on any atom is -0.330 e. The van der Waals surface area contributed by atoms with E-state index < -0.39 is 10.2 Å². The smallest absolute Gasteiger partial charge is 0.282 e. The van der Waals surface area contributed by atoms with Gasteiger partial charge in [-0.05, 0) is 31.7 Å². The van der Waals surface area contributed by atoms with Gasteiger partial charge in [-0.25, -0.2) is 0 Å². The molecule has 0 amide bonds. The first kappa shape index (κ1) is 16.5. The second-order valence-electron chi connectivity index (χ2n) is 6.37. The van der Waals surface area contributed by atoms with E-state index in [1.54, 1.807) is 8.61 Å². The van der Waals surface area contributed by atoms with Gasteiger partial charge >= 0.3 is 0 Å². The molecule has 118 valence electrons.